The Morgan fingerprint density at radius 2 is 1.27 bits per heavy atom. The van der Waals surface area contributed by atoms with Crippen molar-refractivity contribution < 1.29 is 0 Å². The third kappa shape index (κ3) is 5.02. The van der Waals surface area contributed by atoms with E-state index in [1.807, 2.05) is 0 Å². The zero-order chi connectivity index (χ0) is 34.2. The van der Waals surface area contributed by atoms with E-state index in [4.69, 9.17) is 0 Å². The summed E-state index contributed by atoms with van der Waals surface area (Å²) >= 11 is 0. The molecule has 0 spiro atoms. The molecule has 0 aromatic heterocycles. The highest BCUT2D eigenvalue weighted by Gasteiger charge is 2.46. The Kier molecular flexibility index (Phi) is 7.31. The molecule has 0 radical (unpaired) electrons. The summed E-state index contributed by atoms with van der Waals surface area (Å²) in [6.07, 6.45) is 13.6. The topological polar surface area (TPSA) is 3.24 Å². The first-order valence-electron chi connectivity index (χ1n) is 19.8. The molecule has 0 N–H and O–H groups in total. The summed E-state index contributed by atoms with van der Waals surface area (Å²) in [6.45, 7) is 4.86. The highest BCUT2D eigenvalue weighted by atomic mass is 15.1. The minimum atomic E-state index is -0.149. The van der Waals surface area contributed by atoms with E-state index in [0.717, 1.165) is 5.92 Å². The summed E-state index contributed by atoms with van der Waals surface area (Å²) in [5, 5.41) is 2.56. The van der Waals surface area contributed by atoms with Crippen molar-refractivity contribution >= 4 is 27.8 Å². The molecule has 254 valence electrons. The first-order chi connectivity index (χ1) is 25.0. The van der Waals surface area contributed by atoms with Crippen molar-refractivity contribution in [2.75, 3.05) is 4.90 Å². The average Bonchev–Trinajstić information content (AvgIpc) is 3.87. The monoisotopic (exact) mass is 663 g/mol. The molecule has 3 fully saturated rings. The summed E-state index contributed by atoms with van der Waals surface area (Å²) < 4.78 is 0. The fourth-order valence-electron chi connectivity index (χ4n) is 11.0. The van der Waals surface area contributed by atoms with Gasteiger partial charge in [-0.05, 0) is 148 Å². The largest absolute Gasteiger partial charge is 0.310 e. The number of anilines is 3. The minimum absolute atomic E-state index is 0.149. The van der Waals surface area contributed by atoms with Crippen LogP contribution in [0.1, 0.15) is 106 Å². The molecule has 0 saturated heterocycles. The molecule has 1 heteroatoms. The first-order valence-corrected chi connectivity index (χ1v) is 19.8. The fourth-order valence-corrected chi connectivity index (χ4v) is 11.0. The molecule has 3 saturated carbocycles. The standard InChI is InChI=1S/C50H49N/c1-49(2)45-15-9-8-14-43(45)44-26-27-46(47(48(44)49)39-17-16-36-12-6-7-13-38(36)32-39)51(41-22-18-37(19-23-41)35-10-4-3-5-11-35)42-24-20-40(21-25-42)50-30-28-34(33-50)29-31-50/h6-9,12-27,32,34-35H,3-5,10-11,28-31,33H2,1-2H3. The lowest BCUT2D eigenvalue weighted by molar-refractivity contribution is 0.419. The first kappa shape index (κ1) is 31.1. The molecule has 0 aliphatic heterocycles. The van der Waals surface area contributed by atoms with Crippen LogP contribution in [-0.4, -0.2) is 0 Å². The van der Waals surface area contributed by atoms with Crippen molar-refractivity contribution in [1.82, 2.24) is 0 Å². The van der Waals surface area contributed by atoms with Gasteiger partial charge in [0.05, 0.1) is 5.69 Å². The Balaban J connectivity index is 1.19. The lowest BCUT2D eigenvalue weighted by atomic mass is 9.77. The summed E-state index contributed by atoms with van der Waals surface area (Å²) in [6, 6.07) is 49.3. The van der Waals surface area contributed by atoms with Crippen LogP contribution in [0.4, 0.5) is 17.1 Å². The Hall–Kier alpha value is -4.62. The Bertz CT molecular complexity index is 2240. The maximum Gasteiger partial charge on any atom is 0.0543 e. The van der Waals surface area contributed by atoms with Gasteiger partial charge in [-0.1, -0.05) is 124 Å². The van der Waals surface area contributed by atoms with Crippen molar-refractivity contribution in [2.24, 2.45) is 5.92 Å². The van der Waals surface area contributed by atoms with E-state index in [-0.39, 0.29) is 5.41 Å². The fraction of sp³-hybridized carbons (Fsp3) is 0.320. The number of hydrogen-bond donors (Lipinski definition) is 0. The van der Waals surface area contributed by atoms with E-state index in [1.54, 1.807) is 5.56 Å². The Labute approximate surface area is 304 Å². The van der Waals surface area contributed by atoms with Crippen molar-refractivity contribution in [1.29, 1.82) is 0 Å². The van der Waals surface area contributed by atoms with Crippen molar-refractivity contribution in [3.8, 4) is 22.3 Å². The molecule has 51 heavy (non-hydrogen) atoms. The van der Waals surface area contributed by atoms with Gasteiger partial charge in [0.1, 0.15) is 0 Å². The van der Waals surface area contributed by atoms with Crippen LogP contribution in [0.15, 0.2) is 127 Å². The van der Waals surface area contributed by atoms with Crippen LogP contribution in [0.3, 0.4) is 0 Å². The molecule has 0 amide bonds. The predicted octanol–water partition coefficient (Wildman–Crippen LogP) is 14.2. The quantitative estimate of drug-likeness (QED) is 0.171. The summed E-state index contributed by atoms with van der Waals surface area (Å²) in [7, 11) is 0. The van der Waals surface area contributed by atoms with Gasteiger partial charge in [-0.25, -0.2) is 0 Å². The normalized spacial score (nSPS) is 21.9. The molecule has 6 aromatic carbocycles. The summed E-state index contributed by atoms with van der Waals surface area (Å²) in [5.41, 5.74) is 15.2. The van der Waals surface area contributed by atoms with E-state index < -0.39 is 0 Å². The van der Waals surface area contributed by atoms with Gasteiger partial charge in [-0.3, -0.25) is 0 Å². The second kappa shape index (κ2) is 12.0. The van der Waals surface area contributed by atoms with Gasteiger partial charge in [-0.2, -0.15) is 0 Å². The summed E-state index contributed by atoms with van der Waals surface area (Å²) in [4.78, 5) is 2.57. The molecule has 10 rings (SSSR count). The molecule has 2 bridgehead atoms. The van der Waals surface area contributed by atoms with Gasteiger partial charge in [0.25, 0.3) is 0 Å². The van der Waals surface area contributed by atoms with Gasteiger partial charge >= 0.3 is 0 Å². The van der Waals surface area contributed by atoms with Crippen LogP contribution in [0.5, 0.6) is 0 Å². The number of rotatable bonds is 6. The number of nitrogens with zero attached hydrogens (tertiary/aromatic N) is 1. The molecule has 4 aliphatic carbocycles. The molecule has 6 aromatic rings. The van der Waals surface area contributed by atoms with Crippen LogP contribution >= 0.6 is 0 Å². The second-order valence-electron chi connectivity index (χ2n) is 16.9. The average molecular weight is 664 g/mol. The van der Waals surface area contributed by atoms with E-state index >= 15 is 0 Å². The lowest BCUT2D eigenvalue weighted by Gasteiger charge is -2.33. The predicted molar refractivity (Wildman–Crippen MR) is 216 cm³/mol. The maximum absolute atomic E-state index is 2.57. The maximum atomic E-state index is 2.57. The SMILES string of the molecule is CC1(C)c2ccccc2-c2ccc(N(c3ccc(C4CCCCC4)cc3)c3ccc(C45CCC(CC4)C5)cc3)c(-c3ccc4ccccc4c3)c21. The molecule has 1 nitrogen and oxygen atoms in total. The zero-order valence-electron chi connectivity index (χ0n) is 30.3. The number of fused-ring (bicyclic) bond motifs is 6. The number of hydrogen-bond acceptors (Lipinski definition) is 1. The van der Waals surface area contributed by atoms with Gasteiger partial charge in [-0.15, -0.1) is 0 Å². The Morgan fingerprint density at radius 3 is 2.00 bits per heavy atom. The van der Waals surface area contributed by atoms with Crippen molar-refractivity contribution in [3.05, 3.63) is 150 Å². The van der Waals surface area contributed by atoms with Gasteiger partial charge < -0.3 is 4.90 Å². The van der Waals surface area contributed by atoms with E-state index in [0.29, 0.717) is 11.3 Å². The lowest BCUT2D eigenvalue weighted by Crippen LogP contribution is -2.20. The van der Waals surface area contributed by atoms with Crippen LogP contribution in [0.25, 0.3) is 33.0 Å². The molecule has 0 heterocycles. The number of benzene rings is 6. The molecule has 0 atom stereocenters. The van der Waals surface area contributed by atoms with Crippen molar-refractivity contribution in [3.63, 3.8) is 0 Å². The van der Waals surface area contributed by atoms with Crippen LogP contribution in [-0.2, 0) is 10.8 Å². The third-order valence-corrected chi connectivity index (χ3v) is 13.7. The van der Waals surface area contributed by atoms with Crippen LogP contribution in [0, 0.1) is 5.92 Å². The van der Waals surface area contributed by atoms with Crippen molar-refractivity contribution in [2.45, 2.75) is 94.8 Å². The van der Waals surface area contributed by atoms with Gasteiger partial charge in [0.2, 0.25) is 0 Å². The smallest absolute Gasteiger partial charge is 0.0543 e. The minimum Gasteiger partial charge on any atom is -0.310 e. The highest BCUT2D eigenvalue weighted by Crippen LogP contribution is 2.58. The van der Waals surface area contributed by atoms with E-state index in [2.05, 4.69) is 146 Å². The highest BCUT2D eigenvalue weighted by molar-refractivity contribution is 5.99. The van der Waals surface area contributed by atoms with Crippen LogP contribution < -0.4 is 4.90 Å². The van der Waals surface area contributed by atoms with Crippen LogP contribution in [0.2, 0.25) is 0 Å². The molecule has 4 aliphatic rings. The second-order valence-corrected chi connectivity index (χ2v) is 16.9. The third-order valence-electron chi connectivity index (χ3n) is 13.7. The van der Waals surface area contributed by atoms with E-state index in [9.17, 15) is 0 Å². The van der Waals surface area contributed by atoms with Gasteiger partial charge in [0.15, 0.2) is 0 Å². The van der Waals surface area contributed by atoms with Gasteiger partial charge in [0, 0.05) is 22.4 Å². The molecular weight excluding hydrogens is 615 g/mol. The van der Waals surface area contributed by atoms with E-state index in [1.165, 1.54) is 131 Å². The molecule has 0 unspecified atom stereocenters. The molecular formula is C50H49N. The zero-order valence-corrected chi connectivity index (χ0v) is 30.3. The Morgan fingerprint density at radius 1 is 0.588 bits per heavy atom. The summed E-state index contributed by atoms with van der Waals surface area (Å²) in [5.74, 6) is 1.63.